The van der Waals surface area contributed by atoms with Gasteiger partial charge < -0.3 is 10.2 Å². The molecule has 37 heavy (non-hydrogen) atoms. The lowest BCUT2D eigenvalue weighted by Crippen LogP contribution is -2.51. The highest BCUT2D eigenvalue weighted by atomic mass is 32.2. The molecule has 7 nitrogen and oxygen atoms in total. The van der Waals surface area contributed by atoms with Gasteiger partial charge in [-0.2, -0.15) is 0 Å². The van der Waals surface area contributed by atoms with Crippen LogP contribution in [0.25, 0.3) is 0 Å². The van der Waals surface area contributed by atoms with Crippen molar-refractivity contribution >= 4 is 27.5 Å². The summed E-state index contributed by atoms with van der Waals surface area (Å²) in [5.74, 6) is -1.77. The van der Waals surface area contributed by atoms with Gasteiger partial charge in [0, 0.05) is 13.1 Å². The third-order valence-electron chi connectivity index (χ3n) is 6.05. The van der Waals surface area contributed by atoms with Crippen LogP contribution in [-0.4, -0.2) is 44.3 Å². The molecule has 0 saturated heterocycles. The zero-order valence-electron chi connectivity index (χ0n) is 21.2. The predicted molar refractivity (Wildman–Crippen MR) is 142 cm³/mol. The van der Waals surface area contributed by atoms with E-state index in [1.807, 2.05) is 38.1 Å². The molecule has 9 heteroatoms. The lowest BCUT2D eigenvalue weighted by Gasteiger charge is -2.32. The van der Waals surface area contributed by atoms with E-state index < -0.39 is 34.3 Å². The number of rotatable bonds is 11. The first-order valence-corrected chi connectivity index (χ1v) is 13.5. The average Bonchev–Trinajstić information content (AvgIpc) is 2.90. The summed E-state index contributed by atoms with van der Waals surface area (Å²) in [5.41, 5.74) is 1.48. The molecule has 3 rings (SSSR count). The quantitative estimate of drug-likeness (QED) is 0.405. The van der Waals surface area contributed by atoms with Gasteiger partial charge in [-0.3, -0.25) is 13.9 Å². The van der Waals surface area contributed by atoms with Crippen molar-refractivity contribution in [3.8, 4) is 0 Å². The SMILES string of the molecule is CCCNC(=O)[C@@H](C)N(Cc1ccccc1C)C(=O)CN(c1ccccc1F)S(=O)(=O)c1ccccc1. The minimum atomic E-state index is -4.30. The maximum Gasteiger partial charge on any atom is 0.264 e. The highest BCUT2D eigenvalue weighted by Gasteiger charge is 2.33. The third-order valence-corrected chi connectivity index (χ3v) is 7.82. The highest BCUT2D eigenvalue weighted by Crippen LogP contribution is 2.27. The predicted octanol–water partition coefficient (Wildman–Crippen LogP) is 4.27. The third kappa shape index (κ3) is 6.74. The van der Waals surface area contributed by atoms with Crippen molar-refractivity contribution in [3.05, 3.63) is 95.8 Å². The smallest absolute Gasteiger partial charge is 0.264 e. The number of benzene rings is 3. The largest absolute Gasteiger partial charge is 0.354 e. The molecular formula is C28H32FN3O4S. The van der Waals surface area contributed by atoms with Crippen molar-refractivity contribution in [2.24, 2.45) is 0 Å². The summed E-state index contributed by atoms with van der Waals surface area (Å²) in [6.07, 6.45) is 0.723. The fourth-order valence-electron chi connectivity index (χ4n) is 3.84. The van der Waals surface area contributed by atoms with Gasteiger partial charge in [0.05, 0.1) is 10.6 Å². The minimum Gasteiger partial charge on any atom is -0.354 e. The molecule has 0 radical (unpaired) electrons. The summed E-state index contributed by atoms with van der Waals surface area (Å²) in [6.45, 7) is 5.25. The molecule has 0 aliphatic heterocycles. The van der Waals surface area contributed by atoms with Crippen LogP contribution in [0.15, 0.2) is 83.8 Å². The Hall–Kier alpha value is -3.72. The van der Waals surface area contributed by atoms with Crippen molar-refractivity contribution in [1.29, 1.82) is 0 Å². The van der Waals surface area contributed by atoms with Crippen LogP contribution in [0.4, 0.5) is 10.1 Å². The molecule has 0 bridgehead atoms. The maximum absolute atomic E-state index is 14.9. The van der Waals surface area contributed by atoms with Crippen molar-refractivity contribution in [2.75, 3.05) is 17.4 Å². The Morgan fingerprint density at radius 3 is 2.22 bits per heavy atom. The van der Waals surface area contributed by atoms with Crippen LogP contribution < -0.4 is 9.62 Å². The van der Waals surface area contributed by atoms with Gasteiger partial charge >= 0.3 is 0 Å². The Kier molecular flexibility index (Phi) is 9.41. The fourth-order valence-corrected chi connectivity index (χ4v) is 5.28. The van der Waals surface area contributed by atoms with E-state index in [-0.39, 0.29) is 23.0 Å². The standard InChI is InChI=1S/C28H32FN3O4S/c1-4-18-30-28(34)22(3)31(19-23-13-9-8-12-21(23)2)27(33)20-32(26-17-11-10-16-25(26)29)37(35,36)24-14-6-5-7-15-24/h5-17,22H,4,18-20H2,1-3H3,(H,30,34)/t22-/m1/s1. The molecule has 2 amide bonds. The van der Waals surface area contributed by atoms with E-state index in [1.54, 1.807) is 25.1 Å². The zero-order valence-corrected chi connectivity index (χ0v) is 22.0. The van der Waals surface area contributed by atoms with Gasteiger partial charge in [0.1, 0.15) is 18.4 Å². The molecule has 0 fully saturated rings. The van der Waals surface area contributed by atoms with Gasteiger partial charge in [-0.15, -0.1) is 0 Å². The van der Waals surface area contributed by atoms with Gasteiger partial charge in [-0.25, -0.2) is 12.8 Å². The van der Waals surface area contributed by atoms with Crippen molar-refractivity contribution in [2.45, 2.75) is 44.7 Å². The van der Waals surface area contributed by atoms with Crippen LogP contribution in [0.5, 0.6) is 0 Å². The molecule has 0 aliphatic carbocycles. The summed E-state index contributed by atoms with van der Waals surface area (Å²) in [4.78, 5) is 27.9. The van der Waals surface area contributed by atoms with E-state index in [2.05, 4.69) is 5.32 Å². The molecule has 3 aromatic carbocycles. The highest BCUT2D eigenvalue weighted by molar-refractivity contribution is 7.92. The zero-order chi connectivity index (χ0) is 27.0. The number of aryl methyl sites for hydroxylation is 1. The molecule has 1 atom stereocenters. The molecule has 0 saturated carbocycles. The monoisotopic (exact) mass is 525 g/mol. The first-order valence-electron chi connectivity index (χ1n) is 12.1. The summed E-state index contributed by atoms with van der Waals surface area (Å²) >= 11 is 0. The van der Waals surface area contributed by atoms with E-state index in [9.17, 15) is 22.4 Å². The first kappa shape index (κ1) is 27.9. The Morgan fingerprint density at radius 2 is 1.57 bits per heavy atom. The number of amides is 2. The average molecular weight is 526 g/mol. The molecule has 196 valence electrons. The number of hydrogen-bond donors (Lipinski definition) is 1. The van der Waals surface area contributed by atoms with Gasteiger partial charge in [0.2, 0.25) is 11.8 Å². The molecule has 0 spiro atoms. The van der Waals surface area contributed by atoms with Gasteiger partial charge in [0.15, 0.2) is 0 Å². The van der Waals surface area contributed by atoms with E-state index in [4.69, 9.17) is 0 Å². The molecule has 1 N–H and O–H groups in total. The normalized spacial score (nSPS) is 12.0. The molecular weight excluding hydrogens is 493 g/mol. The molecule has 0 aromatic heterocycles. The number of hydrogen-bond acceptors (Lipinski definition) is 4. The van der Waals surface area contributed by atoms with Gasteiger partial charge in [-0.05, 0) is 55.7 Å². The Bertz CT molecular complexity index is 1330. The molecule has 0 aliphatic rings. The van der Waals surface area contributed by atoms with Crippen LogP contribution in [0, 0.1) is 12.7 Å². The second-order valence-electron chi connectivity index (χ2n) is 8.69. The number of nitrogens with zero attached hydrogens (tertiary/aromatic N) is 2. The number of carbonyl (C=O) groups excluding carboxylic acids is 2. The number of anilines is 1. The Balaban J connectivity index is 2.03. The van der Waals surface area contributed by atoms with Crippen LogP contribution in [0.1, 0.15) is 31.4 Å². The van der Waals surface area contributed by atoms with E-state index in [0.717, 1.165) is 27.9 Å². The number of halogens is 1. The minimum absolute atomic E-state index is 0.0785. The number of para-hydroxylation sites is 1. The van der Waals surface area contributed by atoms with Crippen LogP contribution >= 0.6 is 0 Å². The molecule has 0 heterocycles. The molecule has 3 aromatic rings. The lowest BCUT2D eigenvalue weighted by atomic mass is 10.1. The van der Waals surface area contributed by atoms with E-state index in [1.165, 1.54) is 35.2 Å². The summed E-state index contributed by atoms with van der Waals surface area (Å²) in [6, 6.07) is 19.5. The fraction of sp³-hybridized carbons (Fsp3) is 0.286. The van der Waals surface area contributed by atoms with Crippen molar-refractivity contribution < 1.29 is 22.4 Å². The topological polar surface area (TPSA) is 86.8 Å². The van der Waals surface area contributed by atoms with Crippen molar-refractivity contribution in [1.82, 2.24) is 10.2 Å². The number of nitrogens with one attached hydrogen (secondary N) is 1. The Morgan fingerprint density at radius 1 is 0.946 bits per heavy atom. The van der Waals surface area contributed by atoms with Crippen LogP contribution in [0.3, 0.4) is 0 Å². The van der Waals surface area contributed by atoms with Gasteiger partial charge in [0.25, 0.3) is 10.0 Å². The summed E-state index contributed by atoms with van der Waals surface area (Å²) in [5, 5.41) is 2.79. The second kappa shape index (κ2) is 12.5. The van der Waals surface area contributed by atoms with Crippen molar-refractivity contribution in [3.63, 3.8) is 0 Å². The van der Waals surface area contributed by atoms with E-state index in [0.29, 0.717) is 6.54 Å². The molecule has 0 unspecified atom stereocenters. The van der Waals surface area contributed by atoms with Crippen LogP contribution in [0.2, 0.25) is 0 Å². The second-order valence-corrected chi connectivity index (χ2v) is 10.6. The Labute approximate surface area is 218 Å². The van der Waals surface area contributed by atoms with Gasteiger partial charge in [-0.1, -0.05) is 61.5 Å². The number of carbonyl (C=O) groups is 2. The van der Waals surface area contributed by atoms with Crippen LogP contribution in [-0.2, 0) is 26.2 Å². The lowest BCUT2D eigenvalue weighted by molar-refractivity contribution is -0.139. The summed E-state index contributed by atoms with van der Waals surface area (Å²) < 4.78 is 42.9. The summed E-state index contributed by atoms with van der Waals surface area (Å²) in [7, 11) is -4.30. The maximum atomic E-state index is 14.9. The van der Waals surface area contributed by atoms with E-state index >= 15 is 0 Å². The number of sulfonamides is 1. The first-order chi connectivity index (χ1) is 17.7.